The monoisotopic (exact) mass is 386 g/mol. The number of carbonyl (C=O) groups is 2. The molecule has 0 radical (unpaired) electrons. The molecule has 140 valence electrons. The summed E-state index contributed by atoms with van der Waals surface area (Å²) in [4.78, 5) is 23.5. The lowest BCUT2D eigenvalue weighted by atomic mass is 9.96. The Morgan fingerprint density at radius 3 is 2.67 bits per heavy atom. The zero-order chi connectivity index (χ0) is 19.6. The van der Waals surface area contributed by atoms with Crippen LogP contribution >= 0.6 is 11.6 Å². The van der Waals surface area contributed by atoms with Crippen LogP contribution in [-0.4, -0.2) is 32.8 Å². The molecule has 2 aromatic rings. The Balaban J connectivity index is 1.99. The van der Waals surface area contributed by atoms with Gasteiger partial charge in [-0.1, -0.05) is 47.5 Å². The molecule has 0 unspecified atom stereocenters. The first-order valence-corrected chi connectivity index (χ1v) is 8.90. The molecule has 6 nitrogen and oxygen atoms in total. The Bertz CT molecular complexity index is 926. The highest BCUT2D eigenvalue weighted by Crippen LogP contribution is 2.38. The van der Waals surface area contributed by atoms with Gasteiger partial charge in [-0.2, -0.15) is 5.10 Å². The van der Waals surface area contributed by atoms with Crippen LogP contribution in [0, 0.1) is 6.92 Å². The van der Waals surface area contributed by atoms with Gasteiger partial charge in [-0.25, -0.2) is 5.01 Å². The van der Waals surface area contributed by atoms with Gasteiger partial charge in [0, 0.05) is 29.0 Å². The van der Waals surface area contributed by atoms with Crippen LogP contribution in [0.5, 0.6) is 5.75 Å². The van der Waals surface area contributed by atoms with E-state index in [2.05, 4.69) is 5.10 Å². The van der Waals surface area contributed by atoms with E-state index in [0.717, 1.165) is 5.56 Å². The number of halogens is 1. The summed E-state index contributed by atoms with van der Waals surface area (Å²) < 4.78 is 0. The number of carbonyl (C=O) groups excluding carboxylic acids is 1. The second kappa shape index (κ2) is 7.80. The van der Waals surface area contributed by atoms with Crippen molar-refractivity contribution in [1.82, 2.24) is 5.01 Å². The summed E-state index contributed by atoms with van der Waals surface area (Å²) in [6, 6.07) is 11.9. The molecule has 2 aromatic carbocycles. The van der Waals surface area contributed by atoms with E-state index in [0.29, 0.717) is 28.3 Å². The van der Waals surface area contributed by atoms with Crippen molar-refractivity contribution in [3.63, 3.8) is 0 Å². The van der Waals surface area contributed by atoms with Crippen LogP contribution in [0.4, 0.5) is 0 Å². The Kier molecular flexibility index (Phi) is 5.46. The van der Waals surface area contributed by atoms with Crippen molar-refractivity contribution in [3.8, 4) is 5.75 Å². The molecule has 1 aliphatic heterocycles. The van der Waals surface area contributed by atoms with E-state index < -0.39 is 17.9 Å². The fraction of sp³-hybridized carbons (Fsp3) is 0.250. The molecule has 0 aliphatic carbocycles. The number of nitrogens with zero attached hydrogens (tertiary/aromatic N) is 2. The first-order valence-electron chi connectivity index (χ1n) is 8.52. The molecule has 0 saturated carbocycles. The van der Waals surface area contributed by atoms with E-state index in [1.165, 1.54) is 5.01 Å². The number of aromatic hydroxyl groups is 1. The number of hydrazone groups is 1. The predicted octanol–water partition coefficient (Wildman–Crippen LogP) is 3.90. The Morgan fingerprint density at radius 2 is 1.96 bits per heavy atom. The molecular weight excluding hydrogens is 368 g/mol. The predicted molar refractivity (Wildman–Crippen MR) is 102 cm³/mol. The third-order valence-electron chi connectivity index (χ3n) is 4.45. The average molecular weight is 387 g/mol. The summed E-state index contributed by atoms with van der Waals surface area (Å²) in [6.45, 7) is 1.89. The number of hydrogen-bond acceptors (Lipinski definition) is 4. The van der Waals surface area contributed by atoms with Gasteiger partial charge in [0.1, 0.15) is 5.75 Å². The fourth-order valence-corrected chi connectivity index (χ4v) is 3.35. The minimum Gasteiger partial charge on any atom is -0.508 e. The standard InChI is InChI=1S/C20H19ClN2O4/c1-12-6-7-18(24)14(10-12)17-11-16(13-4-2-3-5-15(13)21)22-23(17)19(25)8-9-20(26)27/h2-7,10,17,24H,8-9,11H2,1H3,(H,26,27)/t17-/m0/s1. The van der Waals surface area contributed by atoms with Gasteiger partial charge in [0.05, 0.1) is 18.2 Å². The zero-order valence-corrected chi connectivity index (χ0v) is 15.5. The van der Waals surface area contributed by atoms with Gasteiger partial charge in [-0.05, 0) is 19.1 Å². The lowest BCUT2D eigenvalue weighted by Gasteiger charge is -2.23. The lowest BCUT2D eigenvalue weighted by molar-refractivity contribution is -0.141. The van der Waals surface area contributed by atoms with Gasteiger partial charge in [0.25, 0.3) is 0 Å². The molecule has 3 rings (SSSR count). The van der Waals surface area contributed by atoms with Crippen molar-refractivity contribution >= 4 is 29.2 Å². The quantitative estimate of drug-likeness (QED) is 0.815. The number of aliphatic carboxylic acids is 1. The highest BCUT2D eigenvalue weighted by molar-refractivity contribution is 6.34. The van der Waals surface area contributed by atoms with Gasteiger partial charge in [-0.3, -0.25) is 9.59 Å². The fourth-order valence-electron chi connectivity index (χ4n) is 3.11. The number of amides is 1. The summed E-state index contributed by atoms with van der Waals surface area (Å²) in [6.07, 6.45) is -0.0733. The van der Waals surface area contributed by atoms with E-state index in [9.17, 15) is 14.7 Å². The molecule has 1 aliphatic rings. The molecule has 0 spiro atoms. The maximum atomic E-state index is 12.6. The Morgan fingerprint density at radius 1 is 1.22 bits per heavy atom. The van der Waals surface area contributed by atoms with Gasteiger partial charge < -0.3 is 10.2 Å². The number of benzene rings is 2. The number of phenolic OH excluding ortho intramolecular Hbond substituents is 1. The van der Waals surface area contributed by atoms with Crippen LogP contribution in [0.3, 0.4) is 0 Å². The number of rotatable bonds is 5. The molecule has 7 heteroatoms. The van der Waals surface area contributed by atoms with Crippen LogP contribution in [0.1, 0.15) is 42.0 Å². The second-order valence-electron chi connectivity index (χ2n) is 6.44. The van der Waals surface area contributed by atoms with E-state index in [1.807, 2.05) is 25.1 Å². The van der Waals surface area contributed by atoms with Gasteiger partial charge in [0.2, 0.25) is 5.91 Å². The van der Waals surface area contributed by atoms with Crippen molar-refractivity contribution in [2.24, 2.45) is 5.10 Å². The molecule has 27 heavy (non-hydrogen) atoms. The van der Waals surface area contributed by atoms with Gasteiger partial charge >= 0.3 is 5.97 Å². The van der Waals surface area contributed by atoms with Crippen molar-refractivity contribution in [3.05, 3.63) is 64.2 Å². The Labute approximate surface area is 161 Å². The van der Waals surface area contributed by atoms with E-state index in [4.69, 9.17) is 16.7 Å². The summed E-state index contributed by atoms with van der Waals surface area (Å²) in [7, 11) is 0. The lowest BCUT2D eigenvalue weighted by Crippen LogP contribution is -2.27. The first kappa shape index (κ1) is 18.9. The molecular formula is C20H19ClN2O4. The summed E-state index contributed by atoms with van der Waals surface area (Å²) in [5, 5.41) is 25.4. The van der Waals surface area contributed by atoms with Crippen molar-refractivity contribution in [2.75, 3.05) is 0 Å². The molecule has 0 aromatic heterocycles. The minimum absolute atomic E-state index is 0.0669. The van der Waals surface area contributed by atoms with Gasteiger partial charge in [-0.15, -0.1) is 0 Å². The highest BCUT2D eigenvalue weighted by Gasteiger charge is 2.35. The van der Waals surface area contributed by atoms with Gasteiger partial charge in [0.15, 0.2) is 0 Å². The molecule has 1 atom stereocenters. The van der Waals surface area contributed by atoms with Crippen LogP contribution in [-0.2, 0) is 9.59 Å². The van der Waals surface area contributed by atoms with Crippen molar-refractivity contribution in [1.29, 1.82) is 0 Å². The van der Waals surface area contributed by atoms with Crippen LogP contribution in [0.2, 0.25) is 5.02 Å². The minimum atomic E-state index is -1.05. The zero-order valence-electron chi connectivity index (χ0n) is 14.7. The van der Waals surface area contributed by atoms with Crippen molar-refractivity contribution in [2.45, 2.75) is 32.2 Å². The summed E-state index contributed by atoms with van der Waals surface area (Å²) in [5.74, 6) is -1.39. The first-order chi connectivity index (χ1) is 12.9. The summed E-state index contributed by atoms with van der Waals surface area (Å²) >= 11 is 6.27. The average Bonchev–Trinajstić information content (AvgIpc) is 3.07. The molecule has 0 fully saturated rings. The SMILES string of the molecule is Cc1ccc(O)c([C@@H]2CC(c3ccccc3Cl)=NN2C(=O)CCC(=O)O)c1. The number of carboxylic acid groups (broad SMARTS) is 1. The molecule has 0 saturated heterocycles. The maximum absolute atomic E-state index is 12.6. The Hall–Kier alpha value is -2.86. The maximum Gasteiger partial charge on any atom is 0.303 e. The second-order valence-corrected chi connectivity index (χ2v) is 6.85. The summed E-state index contributed by atoms with van der Waals surface area (Å²) in [5.41, 5.74) is 2.84. The number of aryl methyl sites for hydroxylation is 1. The number of carboxylic acids is 1. The normalized spacial score (nSPS) is 16.3. The van der Waals surface area contributed by atoms with E-state index >= 15 is 0 Å². The smallest absolute Gasteiger partial charge is 0.303 e. The molecule has 2 N–H and O–H groups in total. The highest BCUT2D eigenvalue weighted by atomic mass is 35.5. The molecule has 1 amide bonds. The number of phenols is 1. The van der Waals surface area contributed by atoms with E-state index in [-0.39, 0.29) is 18.6 Å². The number of hydrogen-bond donors (Lipinski definition) is 2. The van der Waals surface area contributed by atoms with Crippen LogP contribution in [0.15, 0.2) is 47.6 Å². The third-order valence-corrected chi connectivity index (χ3v) is 4.78. The van der Waals surface area contributed by atoms with Crippen LogP contribution < -0.4 is 0 Å². The largest absolute Gasteiger partial charge is 0.508 e. The third kappa shape index (κ3) is 4.11. The topological polar surface area (TPSA) is 90.2 Å². The molecule has 1 heterocycles. The van der Waals surface area contributed by atoms with Crippen LogP contribution in [0.25, 0.3) is 0 Å². The van der Waals surface area contributed by atoms with E-state index in [1.54, 1.807) is 24.3 Å². The van der Waals surface area contributed by atoms with Crippen molar-refractivity contribution < 1.29 is 19.8 Å². The molecule has 0 bridgehead atoms.